The fourth-order valence-electron chi connectivity index (χ4n) is 1.90. The predicted octanol–water partition coefficient (Wildman–Crippen LogP) is 1.82. The summed E-state index contributed by atoms with van der Waals surface area (Å²) in [7, 11) is -3.59. The maximum atomic E-state index is 12.1. The number of aromatic nitrogens is 1. The largest absolute Gasteiger partial charge is 0.350 e. The summed E-state index contributed by atoms with van der Waals surface area (Å²) in [6, 6.07) is 9.83. The third-order valence-electron chi connectivity index (χ3n) is 3.01. The van der Waals surface area contributed by atoms with Crippen LogP contribution in [-0.2, 0) is 21.4 Å². The van der Waals surface area contributed by atoms with E-state index in [1.54, 1.807) is 42.7 Å². The van der Waals surface area contributed by atoms with Gasteiger partial charge in [0.15, 0.2) is 0 Å². The smallest absolute Gasteiger partial charge is 0.241 e. The highest BCUT2D eigenvalue weighted by Gasteiger charge is 2.20. The molecule has 0 aliphatic rings. The van der Waals surface area contributed by atoms with Crippen molar-refractivity contribution in [3.05, 3.63) is 59.4 Å². The number of carbonyl (C=O) groups is 1. The molecule has 0 bridgehead atoms. The predicted molar refractivity (Wildman–Crippen MR) is 89.7 cm³/mol. The topological polar surface area (TPSA) is 79.4 Å². The Kier molecular flexibility index (Phi) is 5.57. The highest BCUT2D eigenvalue weighted by molar-refractivity contribution is 7.92. The fourth-order valence-corrected chi connectivity index (χ4v) is 2.88. The molecule has 0 aliphatic carbocycles. The molecule has 8 heteroatoms. The lowest BCUT2D eigenvalue weighted by Crippen LogP contribution is -2.40. The molecule has 1 aromatic carbocycles. The average Bonchev–Trinajstić information content (AvgIpc) is 2.52. The second-order valence-electron chi connectivity index (χ2n) is 4.88. The quantitative estimate of drug-likeness (QED) is 0.859. The first-order valence-corrected chi connectivity index (χ1v) is 8.98. The number of sulfonamides is 1. The summed E-state index contributed by atoms with van der Waals surface area (Å²) < 4.78 is 24.9. The van der Waals surface area contributed by atoms with E-state index in [9.17, 15) is 13.2 Å². The molecular formula is C15H16ClN3O3S. The average molecular weight is 354 g/mol. The molecule has 0 saturated heterocycles. The maximum absolute atomic E-state index is 12.1. The molecule has 0 saturated carbocycles. The number of hydrogen-bond acceptors (Lipinski definition) is 4. The molecule has 1 amide bonds. The van der Waals surface area contributed by atoms with Gasteiger partial charge in [0.05, 0.1) is 11.9 Å². The summed E-state index contributed by atoms with van der Waals surface area (Å²) in [5.74, 6) is -0.408. The van der Waals surface area contributed by atoms with E-state index in [0.717, 1.165) is 16.1 Å². The first-order chi connectivity index (χ1) is 10.9. The molecule has 0 aliphatic heterocycles. The van der Waals surface area contributed by atoms with Gasteiger partial charge in [0, 0.05) is 24.0 Å². The minimum Gasteiger partial charge on any atom is -0.350 e. The van der Waals surface area contributed by atoms with E-state index in [-0.39, 0.29) is 13.1 Å². The fraction of sp³-hybridized carbons (Fsp3) is 0.200. The number of carbonyl (C=O) groups excluding carboxylic acids is 1. The minimum atomic E-state index is -3.59. The lowest BCUT2D eigenvalue weighted by molar-refractivity contribution is -0.119. The second-order valence-corrected chi connectivity index (χ2v) is 7.23. The van der Waals surface area contributed by atoms with Crippen LogP contribution in [0.1, 0.15) is 5.56 Å². The summed E-state index contributed by atoms with van der Waals surface area (Å²) in [6.45, 7) is -0.0222. The van der Waals surface area contributed by atoms with E-state index in [1.165, 1.54) is 0 Å². The van der Waals surface area contributed by atoms with Crippen LogP contribution in [-0.4, -0.2) is 32.1 Å². The van der Waals surface area contributed by atoms with Crippen LogP contribution in [0, 0.1) is 0 Å². The number of pyridine rings is 1. The Morgan fingerprint density at radius 1 is 1.26 bits per heavy atom. The monoisotopic (exact) mass is 353 g/mol. The molecule has 122 valence electrons. The molecule has 1 heterocycles. The van der Waals surface area contributed by atoms with E-state index in [2.05, 4.69) is 10.3 Å². The lowest BCUT2D eigenvalue weighted by atomic mass is 10.3. The zero-order chi connectivity index (χ0) is 16.9. The van der Waals surface area contributed by atoms with Crippen LogP contribution in [0.15, 0.2) is 48.8 Å². The van der Waals surface area contributed by atoms with Crippen molar-refractivity contribution in [3.63, 3.8) is 0 Å². The Bertz CT molecular complexity index is 764. The van der Waals surface area contributed by atoms with E-state index in [4.69, 9.17) is 11.6 Å². The van der Waals surface area contributed by atoms with Crippen molar-refractivity contribution >= 4 is 33.2 Å². The number of nitrogens with one attached hydrogen (secondary N) is 1. The summed E-state index contributed by atoms with van der Waals surface area (Å²) in [5.41, 5.74) is 1.21. The number of nitrogens with zero attached hydrogens (tertiary/aromatic N) is 2. The van der Waals surface area contributed by atoms with Crippen LogP contribution in [0.2, 0.25) is 5.02 Å². The van der Waals surface area contributed by atoms with Crippen LogP contribution in [0.25, 0.3) is 0 Å². The zero-order valence-corrected chi connectivity index (χ0v) is 14.0. The molecule has 2 aromatic rings. The van der Waals surface area contributed by atoms with Gasteiger partial charge in [0.25, 0.3) is 0 Å². The summed E-state index contributed by atoms with van der Waals surface area (Å²) in [6.07, 6.45) is 4.32. The van der Waals surface area contributed by atoms with Gasteiger partial charge in [-0.25, -0.2) is 8.42 Å². The molecule has 0 fully saturated rings. The van der Waals surface area contributed by atoms with Crippen molar-refractivity contribution < 1.29 is 13.2 Å². The van der Waals surface area contributed by atoms with Crippen LogP contribution in [0.5, 0.6) is 0 Å². The summed E-state index contributed by atoms with van der Waals surface area (Å²) in [4.78, 5) is 16.0. The van der Waals surface area contributed by atoms with Gasteiger partial charge < -0.3 is 5.32 Å². The minimum absolute atomic E-state index is 0.283. The van der Waals surface area contributed by atoms with Crippen molar-refractivity contribution in [1.82, 2.24) is 10.3 Å². The van der Waals surface area contributed by atoms with Gasteiger partial charge >= 0.3 is 0 Å². The SMILES string of the molecule is CS(=O)(=O)N(CC(=O)NCc1cccnc1)c1ccc(Cl)cc1. The normalized spacial score (nSPS) is 11.0. The Morgan fingerprint density at radius 3 is 2.52 bits per heavy atom. The van der Waals surface area contributed by atoms with E-state index in [0.29, 0.717) is 10.7 Å². The lowest BCUT2D eigenvalue weighted by Gasteiger charge is -2.21. The first-order valence-electron chi connectivity index (χ1n) is 6.75. The first kappa shape index (κ1) is 17.2. The molecule has 1 N–H and O–H groups in total. The van der Waals surface area contributed by atoms with Crippen molar-refractivity contribution in [3.8, 4) is 0 Å². The maximum Gasteiger partial charge on any atom is 0.241 e. The Morgan fingerprint density at radius 2 is 1.96 bits per heavy atom. The van der Waals surface area contributed by atoms with E-state index < -0.39 is 15.9 Å². The molecule has 23 heavy (non-hydrogen) atoms. The van der Waals surface area contributed by atoms with Crippen LogP contribution < -0.4 is 9.62 Å². The Hall–Kier alpha value is -2.12. The highest BCUT2D eigenvalue weighted by Crippen LogP contribution is 2.20. The number of anilines is 1. The van der Waals surface area contributed by atoms with E-state index >= 15 is 0 Å². The summed E-state index contributed by atoms with van der Waals surface area (Å²) >= 11 is 5.80. The molecular weight excluding hydrogens is 338 g/mol. The van der Waals surface area contributed by atoms with Crippen LogP contribution >= 0.6 is 11.6 Å². The molecule has 6 nitrogen and oxygen atoms in total. The van der Waals surface area contributed by atoms with Gasteiger partial charge in [-0.2, -0.15) is 0 Å². The van der Waals surface area contributed by atoms with Crippen LogP contribution in [0.4, 0.5) is 5.69 Å². The second kappa shape index (κ2) is 7.43. The van der Waals surface area contributed by atoms with Gasteiger partial charge in [-0.15, -0.1) is 0 Å². The number of rotatable bonds is 6. The molecule has 0 spiro atoms. The Labute approximate surface area is 140 Å². The number of benzene rings is 1. The Balaban J connectivity index is 2.06. The molecule has 0 radical (unpaired) electrons. The molecule has 0 unspecified atom stereocenters. The number of amides is 1. The molecule has 2 rings (SSSR count). The third-order valence-corrected chi connectivity index (χ3v) is 4.41. The van der Waals surface area contributed by atoms with Gasteiger partial charge in [0.1, 0.15) is 6.54 Å². The number of halogens is 1. The van der Waals surface area contributed by atoms with Gasteiger partial charge in [-0.05, 0) is 35.9 Å². The third kappa shape index (κ3) is 5.22. The summed E-state index contributed by atoms with van der Waals surface area (Å²) in [5, 5.41) is 3.16. The van der Waals surface area contributed by atoms with Gasteiger partial charge in [-0.3, -0.25) is 14.1 Å². The van der Waals surface area contributed by atoms with Crippen LogP contribution in [0.3, 0.4) is 0 Å². The highest BCUT2D eigenvalue weighted by atomic mass is 35.5. The van der Waals surface area contributed by atoms with E-state index in [1.807, 2.05) is 6.07 Å². The van der Waals surface area contributed by atoms with Crippen molar-refractivity contribution in [2.24, 2.45) is 0 Å². The van der Waals surface area contributed by atoms with Crippen molar-refractivity contribution in [2.45, 2.75) is 6.54 Å². The van der Waals surface area contributed by atoms with Crippen molar-refractivity contribution in [1.29, 1.82) is 0 Å². The molecule has 1 aromatic heterocycles. The molecule has 0 atom stereocenters. The zero-order valence-electron chi connectivity index (χ0n) is 12.4. The standard InChI is InChI=1S/C15H16ClN3O3S/c1-23(21,22)19(14-6-4-13(16)5-7-14)11-15(20)18-10-12-3-2-8-17-9-12/h2-9H,10-11H2,1H3,(H,18,20). The van der Waals surface area contributed by atoms with Gasteiger partial charge in [0.2, 0.25) is 15.9 Å². The van der Waals surface area contributed by atoms with Crippen molar-refractivity contribution in [2.75, 3.05) is 17.1 Å². The number of hydrogen-bond donors (Lipinski definition) is 1. The van der Waals surface area contributed by atoms with Gasteiger partial charge in [-0.1, -0.05) is 17.7 Å².